The predicted octanol–water partition coefficient (Wildman–Crippen LogP) is 1.42. The summed E-state index contributed by atoms with van der Waals surface area (Å²) >= 11 is 0.926. The number of nitrogens with two attached hydrogens (primary N) is 1. The zero-order chi connectivity index (χ0) is 26.0. The van der Waals surface area contributed by atoms with Crippen LogP contribution in [0.3, 0.4) is 0 Å². The minimum absolute atomic E-state index is 0.0216. The standard InChI is InChI=1S/C26H22N4O5S/c1-14-5-4-6-16(11-14)29-24(32)22-21(15-7-9-17(34-2)10-8-15)18(13-27)23(28)30-25(33)19(36-26(22)30)12-20(31)35-3/h4-12,21H,28H2,1-3H3,(H,29,32)/b19-12-/t21-/m0/s1. The summed E-state index contributed by atoms with van der Waals surface area (Å²) in [7, 11) is 2.73. The third-order valence-corrected chi connectivity index (χ3v) is 6.80. The number of anilines is 1. The number of fused-ring (bicyclic) bond motifs is 1. The summed E-state index contributed by atoms with van der Waals surface area (Å²) in [6.45, 7) is 1.90. The fourth-order valence-corrected chi connectivity index (χ4v) is 5.12. The number of nitrogens with one attached hydrogen (secondary N) is 1. The summed E-state index contributed by atoms with van der Waals surface area (Å²) in [5.74, 6) is -1.62. The zero-order valence-electron chi connectivity index (χ0n) is 19.7. The van der Waals surface area contributed by atoms with Crippen LogP contribution >= 0.6 is 11.3 Å². The molecule has 1 aliphatic rings. The van der Waals surface area contributed by atoms with Crippen molar-refractivity contribution in [2.45, 2.75) is 12.8 Å². The molecular weight excluding hydrogens is 480 g/mol. The molecule has 36 heavy (non-hydrogen) atoms. The third-order valence-electron chi connectivity index (χ3n) is 5.69. The van der Waals surface area contributed by atoms with E-state index in [4.69, 9.17) is 10.5 Å². The van der Waals surface area contributed by atoms with Gasteiger partial charge in [-0.05, 0) is 42.3 Å². The lowest BCUT2D eigenvalue weighted by atomic mass is 9.83. The van der Waals surface area contributed by atoms with Crippen LogP contribution in [0.15, 0.2) is 58.9 Å². The van der Waals surface area contributed by atoms with Crippen LogP contribution in [-0.2, 0) is 14.3 Å². The Morgan fingerprint density at radius 3 is 2.53 bits per heavy atom. The molecule has 0 radical (unpaired) electrons. The van der Waals surface area contributed by atoms with Crippen molar-refractivity contribution < 1.29 is 19.1 Å². The number of rotatable bonds is 5. The molecule has 0 saturated carbocycles. The van der Waals surface area contributed by atoms with Gasteiger partial charge in [0.05, 0.1) is 37.4 Å². The maximum Gasteiger partial charge on any atom is 0.332 e. The van der Waals surface area contributed by atoms with Crippen LogP contribution < -0.4 is 30.5 Å². The van der Waals surface area contributed by atoms with Crippen molar-refractivity contribution in [3.05, 3.63) is 84.8 Å². The molecule has 1 aliphatic heterocycles. The molecule has 3 aromatic rings. The van der Waals surface area contributed by atoms with Gasteiger partial charge >= 0.3 is 5.97 Å². The summed E-state index contributed by atoms with van der Waals surface area (Å²) in [4.78, 5) is 38.8. The van der Waals surface area contributed by atoms with Gasteiger partial charge in [-0.25, -0.2) is 4.79 Å². The molecule has 0 spiro atoms. The van der Waals surface area contributed by atoms with Crippen LogP contribution in [0.1, 0.15) is 17.0 Å². The van der Waals surface area contributed by atoms with Gasteiger partial charge in [-0.15, -0.1) is 11.3 Å². The molecule has 2 heterocycles. The number of nitrogens with zero attached hydrogens (tertiary/aromatic N) is 2. The fraction of sp³-hybridized carbons (Fsp3) is 0.154. The first-order valence-corrected chi connectivity index (χ1v) is 11.6. The number of allylic oxidation sites excluding steroid dienone is 1. The van der Waals surface area contributed by atoms with Crippen LogP contribution in [0.25, 0.3) is 17.5 Å². The number of carbonyl (C=O) groups is 2. The Hall–Kier alpha value is -4.62. The van der Waals surface area contributed by atoms with E-state index in [0.717, 1.165) is 27.5 Å². The molecule has 9 nitrogen and oxygen atoms in total. The van der Waals surface area contributed by atoms with E-state index < -0.39 is 23.4 Å². The second kappa shape index (κ2) is 9.93. The first-order chi connectivity index (χ1) is 17.3. The minimum Gasteiger partial charge on any atom is -0.497 e. The van der Waals surface area contributed by atoms with Gasteiger partial charge in [-0.1, -0.05) is 24.3 Å². The highest BCUT2D eigenvalue weighted by Crippen LogP contribution is 2.37. The number of carbonyl (C=O) groups excluding carboxylic acids is 2. The quantitative estimate of drug-likeness (QED) is 0.504. The smallest absolute Gasteiger partial charge is 0.332 e. The van der Waals surface area contributed by atoms with E-state index in [1.54, 1.807) is 42.5 Å². The van der Waals surface area contributed by atoms with E-state index in [-0.39, 0.29) is 26.2 Å². The Morgan fingerprint density at radius 2 is 1.92 bits per heavy atom. The van der Waals surface area contributed by atoms with Crippen molar-refractivity contribution >= 4 is 46.4 Å². The lowest BCUT2D eigenvalue weighted by Crippen LogP contribution is -2.40. The number of thiazole rings is 1. The van der Waals surface area contributed by atoms with E-state index in [9.17, 15) is 19.6 Å². The van der Waals surface area contributed by atoms with Crippen LogP contribution in [0, 0.1) is 18.3 Å². The molecule has 1 aromatic heterocycles. The molecule has 0 saturated heterocycles. The molecule has 10 heteroatoms. The number of aromatic nitrogens is 1. The predicted molar refractivity (Wildman–Crippen MR) is 136 cm³/mol. The lowest BCUT2D eigenvalue weighted by Gasteiger charge is -2.25. The van der Waals surface area contributed by atoms with Crippen LogP contribution in [-0.4, -0.2) is 30.7 Å². The Morgan fingerprint density at radius 1 is 1.19 bits per heavy atom. The van der Waals surface area contributed by atoms with Gasteiger partial charge in [-0.2, -0.15) is 5.26 Å². The SMILES string of the molecule is COC(=O)/C=c1\sc2n(c1=O)C(N)=C(C#N)[C@H](c1ccc(OC)cc1)C=2C(=O)Nc1cccc(C)c1. The number of hydrogen-bond acceptors (Lipinski definition) is 8. The Labute approximate surface area is 210 Å². The number of nitriles is 1. The molecule has 1 amide bonds. The summed E-state index contributed by atoms with van der Waals surface area (Å²) < 4.78 is 11.2. The van der Waals surface area contributed by atoms with Crippen molar-refractivity contribution in [2.24, 2.45) is 5.73 Å². The van der Waals surface area contributed by atoms with E-state index in [0.29, 0.717) is 17.0 Å². The molecule has 1 atom stereocenters. The van der Waals surface area contributed by atoms with Gasteiger partial charge in [0.1, 0.15) is 20.8 Å². The van der Waals surface area contributed by atoms with Gasteiger partial charge in [0.15, 0.2) is 0 Å². The van der Waals surface area contributed by atoms with Gasteiger partial charge in [0, 0.05) is 11.8 Å². The highest BCUT2D eigenvalue weighted by atomic mass is 32.1. The number of aryl methyl sites for hydroxylation is 1. The molecule has 4 rings (SSSR count). The maximum absolute atomic E-state index is 13.8. The van der Waals surface area contributed by atoms with Crippen molar-refractivity contribution in [3.63, 3.8) is 0 Å². The number of esters is 1. The van der Waals surface area contributed by atoms with E-state index in [1.807, 2.05) is 13.0 Å². The van der Waals surface area contributed by atoms with Crippen molar-refractivity contribution in [1.29, 1.82) is 5.26 Å². The summed E-state index contributed by atoms with van der Waals surface area (Å²) in [6, 6.07) is 16.2. The zero-order valence-corrected chi connectivity index (χ0v) is 20.5. The summed E-state index contributed by atoms with van der Waals surface area (Å²) in [5.41, 5.74) is 7.98. The van der Waals surface area contributed by atoms with Crippen molar-refractivity contribution in [1.82, 2.24) is 4.57 Å². The highest BCUT2D eigenvalue weighted by Gasteiger charge is 2.35. The maximum atomic E-state index is 13.8. The molecule has 0 bridgehead atoms. The fourth-order valence-electron chi connectivity index (χ4n) is 3.98. The van der Waals surface area contributed by atoms with Gasteiger partial charge in [-0.3, -0.25) is 14.2 Å². The minimum atomic E-state index is -0.866. The van der Waals surface area contributed by atoms with Gasteiger partial charge in [0.2, 0.25) is 0 Å². The monoisotopic (exact) mass is 502 g/mol. The van der Waals surface area contributed by atoms with E-state index in [1.165, 1.54) is 14.2 Å². The van der Waals surface area contributed by atoms with E-state index in [2.05, 4.69) is 16.1 Å². The van der Waals surface area contributed by atoms with Gasteiger partial charge in [0.25, 0.3) is 11.5 Å². The second-order valence-electron chi connectivity index (χ2n) is 7.93. The lowest BCUT2D eigenvalue weighted by molar-refractivity contribution is -0.133. The van der Waals surface area contributed by atoms with Crippen molar-refractivity contribution in [2.75, 3.05) is 19.5 Å². The second-order valence-corrected chi connectivity index (χ2v) is 8.96. The normalized spacial score (nSPS) is 15.2. The Balaban J connectivity index is 2.04. The Kier molecular flexibility index (Phi) is 6.76. The molecule has 2 aromatic carbocycles. The van der Waals surface area contributed by atoms with Crippen molar-refractivity contribution in [3.8, 4) is 11.8 Å². The first-order valence-electron chi connectivity index (χ1n) is 10.8. The molecule has 0 unspecified atom stereocenters. The number of methoxy groups -OCH3 is 2. The van der Waals surface area contributed by atoms with Crippen LogP contribution in [0.5, 0.6) is 5.75 Å². The largest absolute Gasteiger partial charge is 0.497 e. The number of ether oxygens (including phenoxy) is 2. The first kappa shape index (κ1) is 24.5. The van der Waals surface area contributed by atoms with E-state index >= 15 is 0 Å². The average Bonchev–Trinajstić information content (AvgIpc) is 3.19. The molecule has 0 fully saturated rings. The number of benzene rings is 2. The molecule has 3 N–H and O–H groups in total. The summed E-state index contributed by atoms with van der Waals surface area (Å²) in [5, 5.41) is 12.9. The number of hydrogen-bond donors (Lipinski definition) is 2. The molecule has 182 valence electrons. The molecular formula is C26H22N4O5S. The van der Waals surface area contributed by atoms with Gasteiger partial charge < -0.3 is 20.5 Å². The Bertz CT molecular complexity index is 1620. The van der Waals surface area contributed by atoms with Crippen LogP contribution in [0.2, 0.25) is 0 Å². The highest BCUT2D eigenvalue weighted by molar-refractivity contribution is 7.07. The van der Waals surface area contributed by atoms with Crippen LogP contribution in [0.4, 0.5) is 5.69 Å². The summed E-state index contributed by atoms with van der Waals surface area (Å²) in [6.07, 6.45) is 1.04. The molecule has 0 aliphatic carbocycles. The topological polar surface area (TPSA) is 136 Å². The number of amides is 1. The third kappa shape index (κ3) is 4.39. The average molecular weight is 503 g/mol.